The fourth-order valence-corrected chi connectivity index (χ4v) is 4.22. The van der Waals surface area contributed by atoms with Gasteiger partial charge in [-0.25, -0.2) is 0 Å². The number of Topliss-reactive ketones (excluding diaryl/α,β-unsaturated/α-hetero) is 1. The van der Waals surface area contributed by atoms with Gasteiger partial charge in [-0.3, -0.25) is 4.79 Å². The molecule has 7 heteroatoms. The molecular weight excluding hydrogens is 424 g/mol. The Hall–Kier alpha value is -1.18. The largest absolute Gasteiger partial charge is 0.379 e. The van der Waals surface area contributed by atoms with E-state index in [0.717, 1.165) is 4.47 Å². The molecule has 0 amide bonds. The molecule has 21 heavy (non-hydrogen) atoms. The monoisotopic (exact) mass is 432 g/mol. The number of hydrogen-bond acceptors (Lipinski definition) is 4. The molecule has 0 bridgehead atoms. The summed E-state index contributed by atoms with van der Waals surface area (Å²) in [4.78, 5) is 11.2. The third kappa shape index (κ3) is 3.93. The zero-order valence-corrected chi connectivity index (χ0v) is 14.8. The van der Waals surface area contributed by atoms with Crippen LogP contribution in [0.3, 0.4) is 0 Å². The molecule has 0 heterocycles. The SMILES string of the molecule is CC(=O)c1ccc(OS(=O)(=O)c2ccc(Br)cc2Br)cc1. The van der Waals surface area contributed by atoms with Gasteiger partial charge in [-0.05, 0) is 65.3 Å². The van der Waals surface area contributed by atoms with Crippen LogP contribution >= 0.6 is 31.9 Å². The molecule has 0 aliphatic carbocycles. The highest BCUT2D eigenvalue weighted by atomic mass is 79.9. The second-order valence-corrected chi connectivity index (χ2v) is 7.48. The Morgan fingerprint density at radius 3 is 2.19 bits per heavy atom. The third-order valence-electron chi connectivity index (χ3n) is 2.63. The minimum absolute atomic E-state index is 0.0290. The summed E-state index contributed by atoms with van der Waals surface area (Å²) in [7, 11) is -3.95. The average molecular weight is 434 g/mol. The Morgan fingerprint density at radius 2 is 1.67 bits per heavy atom. The standard InChI is InChI=1S/C14H10Br2O4S/c1-9(17)10-2-5-12(6-3-10)20-21(18,19)14-7-4-11(15)8-13(14)16/h2-8H,1H3. The van der Waals surface area contributed by atoms with Gasteiger partial charge < -0.3 is 4.18 Å². The first-order valence-electron chi connectivity index (χ1n) is 5.80. The highest BCUT2D eigenvalue weighted by Gasteiger charge is 2.20. The van der Waals surface area contributed by atoms with Gasteiger partial charge >= 0.3 is 10.1 Å². The summed E-state index contributed by atoms with van der Waals surface area (Å²) in [5.41, 5.74) is 0.490. The van der Waals surface area contributed by atoms with Crippen LogP contribution in [0.4, 0.5) is 0 Å². The molecule has 0 fully saturated rings. The summed E-state index contributed by atoms with van der Waals surface area (Å²) in [5, 5.41) is 0. The minimum Gasteiger partial charge on any atom is -0.379 e. The summed E-state index contributed by atoms with van der Waals surface area (Å²) in [6, 6.07) is 10.6. The molecule has 0 aromatic heterocycles. The van der Waals surface area contributed by atoms with E-state index >= 15 is 0 Å². The Morgan fingerprint density at radius 1 is 1.05 bits per heavy atom. The molecule has 0 radical (unpaired) electrons. The first-order chi connectivity index (χ1) is 9.79. The average Bonchev–Trinajstić information content (AvgIpc) is 2.38. The van der Waals surface area contributed by atoms with E-state index in [1.54, 1.807) is 12.1 Å². The van der Waals surface area contributed by atoms with E-state index < -0.39 is 10.1 Å². The third-order valence-corrected chi connectivity index (χ3v) is 5.35. The van der Waals surface area contributed by atoms with Gasteiger partial charge in [-0.2, -0.15) is 8.42 Å². The van der Waals surface area contributed by atoms with Crippen molar-refractivity contribution < 1.29 is 17.4 Å². The topological polar surface area (TPSA) is 60.4 Å². The molecule has 2 aromatic carbocycles. The van der Waals surface area contributed by atoms with Gasteiger partial charge in [0.2, 0.25) is 0 Å². The van der Waals surface area contributed by atoms with Crippen LogP contribution in [0.15, 0.2) is 56.3 Å². The number of carbonyl (C=O) groups excluding carboxylic acids is 1. The predicted octanol–water partition coefficient (Wildman–Crippen LogP) is 4.18. The van der Waals surface area contributed by atoms with Gasteiger partial charge in [-0.1, -0.05) is 15.9 Å². The van der Waals surface area contributed by atoms with Gasteiger partial charge in [0, 0.05) is 14.5 Å². The van der Waals surface area contributed by atoms with Crippen molar-refractivity contribution in [1.29, 1.82) is 0 Å². The number of ketones is 1. The minimum atomic E-state index is -3.95. The van der Waals surface area contributed by atoms with Crippen LogP contribution in [0.1, 0.15) is 17.3 Å². The maximum atomic E-state index is 12.2. The molecule has 0 saturated heterocycles. The number of hydrogen-bond donors (Lipinski definition) is 0. The quantitative estimate of drug-likeness (QED) is 0.535. The zero-order chi connectivity index (χ0) is 15.6. The molecule has 0 spiro atoms. The van der Waals surface area contributed by atoms with Crippen LogP contribution < -0.4 is 4.18 Å². The van der Waals surface area contributed by atoms with Gasteiger partial charge in [0.15, 0.2) is 5.78 Å². The molecule has 0 atom stereocenters. The molecule has 0 aliphatic heterocycles. The first-order valence-corrected chi connectivity index (χ1v) is 8.79. The zero-order valence-electron chi connectivity index (χ0n) is 10.8. The Balaban J connectivity index is 2.30. The maximum absolute atomic E-state index is 12.2. The normalized spacial score (nSPS) is 11.2. The van der Waals surface area contributed by atoms with Gasteiger partial charge in [0.25, 0.3) is 0 Å². The van der Waals surface area contributed by atoms with Crippen molar-refractivity contribution in [3.05, 3.63) is 57.0 Å². The van der Waals surface area contributed by atoms with E-state index in [2.05, 4.69) is 31.9 Å². The molecule has 0 saturated carbocycles. The van der Waals surface area contributed by atoms with Crippen LogP contribution in [0, 0.1) is 0 Å². The van der Waals surface area contributed by atoms with Crippen LogP contribution in [0.25, 0.3) is 0 Å². The van der Waals surface area contributed by atoms with Crippen LogP contribution in [0.2, 0.25) is 0 Å². The van der Waals surface area contributed by atoms with Crippen LogP contribution in [-0.4, -0.2) is 14.2 Å². The molecule has 0 aliphatic rings. The van der Waals surface area contributed by atoms with Crippen molar-refractivity contribution in [2.45, 2.75) is 11.8 Å². The first kappa shape index (κ1) is 16.2. The number of benzene rings is 2. The predicted molar refractivity (Wildman–Crippen MR) is 86.1 cm³/mol. The highest BCUT2D eigenvalue weighted by Crippen LogP contribution is 2.28. The molecule has 110 valence electrons. The fourth-order valence-electron chi connectivity index (χ4n) is 1.59. The van der Waals surface area contributed by atoms with E-state index in [1.165, 1.54) is 37.3 Å². The number of rotatable bonds is 4. The summed E-state index contributed by atoms with van der Waals surface area (Å²) < 4.78 is 30.6. The lowest BCUT2D eigenvalue weighted by molar-refractivity contribution is 0.101. The van der Waals surface area contributed by atoms with Gasteiger partial charge in [-0.15, -0.1) is 0 Å². The van der Waals surface area contributed by atoms with E-state index in [9.17, 15) is 13.2 Å². The van der Waals surface area contributed by atoms with Crippen molar-refractivity contribution in [2.75, 3.05) is 0 Å². The molecule has 4 nitrogen and oxygen atoms in total. The van der Waals surface area contributed by atoms with Crippen molar-refractivity contribution >= 4 is 47.8 Å². The van der Waals surface area contributed by atoms with Crippen molar-refractivity contribution in [3.63, 3.8) is 0 Å². The lowest BCUT2D eigenvalue weighted by Gasteiger charge is -2.09. The smallest absolute Gasteiger partial charge is 0.340 e. The molecule has 2 aromatic rings. The van der Waals surface area contributed by atoms with E-state index in [0.29, 0.717) is 10.0 Å². The van der Waals surface area contributed by atoms with E-state index in [4.69, 9.17) is 4.18 Å². The molecular formula is C14H10Br2O4S. The molecule has 2 rings (SSSR count). The summed E-state index contributed by atoms with van der Waals surface area (Å²) in [5.74, 6) is 0.0508. The maximum Gasteiger partial charge on any atom is 0.340 e. The van der Waals surface area contributed by atoms with Crippen molar-refractivity contribution in [2.24, 2.45) is 0 Å². The highest BCUT2D eigenvalue weighted by molar-refractivity contribution is 9.11. The Labute approximate surface area is 139 Å². The van der Waals surface area contributed by atoms with Crippen LogP contribution in [0.5, 0.6) is 5.75 Å². The lowest BCUT2D eigenvalue weighted by atomic mass is 10.1. The Kier molecular flexibility index (Phi) is 4.85. The number of carbonyl (C=O) groups is 1. The van der Waals surface area contributed by atoms with E-state index in [-0.39, 0.29) is 16.4 Å². The fraction of sp³-hybridized carbons (Fsp3) is 0.0714. The van der Waals surface area contributed by atoms with E-state index in [1.807, 2.05) is 0 Å². The molecule has 0 N–H and O–H groups in total. The second kappa shape index (κ2) is 6.29. The van der Waals surface area contributed by atoms with Gasteiger partial charge in [0.05, 0.1) is 0 Å². The Bertz CT molecular complexity index is 783. The molecule has 0 unspecified atom stereocenters. The van der Waals surface area contributed by atoms with Crippen molar-refractivity contribution in [1.82, 2.24) is 0 Å². The van der Waals surface area contributed by atoms with Gasteiger partial charge in [0.1, 0.15) is 10.6 Å². The summed E-state index contributed by atoms with van der Waals surface area (Å²) in [6.07, 6.45) is 0. The summed E-state index contributed by atoms with van der Waals surface area (Å²) >= 11 is 6.45. The lowest BCUT2D eigenvalue weighted by Crippen LogP contribution is -2.10. The number of halogens is 2. The van der Waals surface area contributed by atoms with Crippen LogP contribution in [-0.2, 0) is 10.1 Å². The summed E-state index contributed by atoms with van der Waals surface area (Å²) in [6.45, 7) is 1.44. The second-order valence-electron chi connectivity index (χ2n) is 4.19. The van der Waals surface area contributed by atoms with Crippen molar-refractivity contribution in [3.8, 4) is 5.75 Å².